The Bertz CT molecular complexity index is 1750. The van der Waals surface area contributed by atoms with Crippen molar-refractivity contribution in [3.63, 3.8) is 0 Å². The summed E-state index contributed by atoms with van der Waals surface area (Å²) in [5.74, 6) is 2.56. The number of aromatic nitrogens is 4. The fourth-order valence-electron chi connectivity index (χ4n) is 6.88. The first-order chi connectivity index (χ1) is 27.1. The van der Waals surface area contributed by atoms with Crippen LogP contribution in [0, 0.1) is 30.6 Å². The largest absolute Gasteiger partial charge is 0.472 e. The summed E-state index contributed by atoms with van der Waals surface area (Å²) in [6.45, 7) is 3.46. The number of nitrogens with zero attached hydrogens (tertiary/aromatic N) is 5. The van der Waals surface area contributed by atoms with Crippen molar-refractivity contribution in [2.45, 2.75) is 147 Å². The van der Waals surface area contributed by atoms with Gasteiger partial charge in [-0.25, -0.2) is 19.0 Å². The fourth-order valence-corrected chi connectivity index (χ4v) is 7.64. The smallest absolute Gasteiger partial charge is 0.469 e. The lowest BCUT2D eigenvalue weighted by atomic mass is 9.92. The van der Waals surface area contributed by atoms with Crippen molar-refractivity contribution in [2.24, 2.45) is 0 Å². The summed E-state index contributed by atoms with van der Waals surface area (Å²) in [5.41, 5.74) is -0.147. The fraction of sp³-hybridized carbons (Fsp3) is 0.659. The molecule has 1 fully saturated rings. The van der Waals surface area contributed by atoms with E-state index in [9.17, 15) is 24.9 Å². The van der Waals surface area contributed by atoms with Gasteiger partial charge in [0.25, 0.3) is 0 Å². The third kappa shape index (κ3) is 13.6. The average molecular weight is 798 g/mol. The van der Waals surface area contributed by atoms with Gasteiger partial charge in [-0.1, -0.05) is 115 Å². The highest BCUT2D eigenvalue weighted by Crippen LogP contribution is 2.46. The molecule has 1 unspecified atom stereocenters. The molecule has 0 amide bonds. The lowest BCUT2D eigenvalue weighted by Gasteiger charge is -2.26. The molecule has 56 heavy (non-hydrogen) atoms. The number of nitriles is 1. The maximum atomic E-state index is 13.0. The van der Waals surface area contributed by atoms with Crippen LogP contribution < -0.4 is 4.74 Å². The predicted octanol–water partition coefficient (Wildman–Crippen LogP) is 7.11. The number of aryl methyl sites for hydroxylation is 1. The van der Waals surface area contributed by atoms with Gasteiger partial charge in [0.2, 0.25) is 5.88 Å². The molecule has 3 aromatic rings. The molecule has 0 aromatic carbocycles. The van der Waals surface area contributed by atoms with Gasteiger partial charge in [0.05, 0.1) is 36.7 Å². The maximum absolute atomic E-state index is 13.0. The van der Waals surface area contributed by atoms with E-state index in [1.54, 1.807) is 31.2 Å². The second-order valence-corrected chi connectivity index (χ2v) is 15.9. The number of terminal acetylenes is 1. The molecule has 14 nitrogen and oxygen atoms in total. The van der Waals surface area contributed by atoms with Crippen molar-refractivity contribution in [1.29, 1.82) is 5.26 Å². The van der Waals surface area contributed by atoms with Gasteiger partial charge in [-0.15, -0.1) is 6.42 Å². The number of phosphoric ester groups is 1. The molecule has 308 valence electrons. The number of aliphatic hydroxyl groups excluding tert-OH is 2. The molecule has 6 atom stereocenters. The minimum absolute atomic E-state index is 0.0207. The van der Waals surface area contributed by atoms with E-state index >= 15 is 0 Å². The molecule has 3 N–H and O–H groups in total. The van der Waals surface area contributed by atoms with Gasteiger partial charge < -0.3 is 29.3 Å². The second kappa shape index (κ2) is 23.7. The molecule has 4 rings (SSSR count). The van der Waals surface area contributed by atoms with Crippen LogP contribution >= 0.6 is 7.82 Å². The summed E-state index contributed by atoms with van der Waals surface area (Å²) in [5, 5.41) is 35.4. The number of unbranched alkanes of at least 4 members (excludes halogenated alkanes) is 15. The highest BCUT2D eigenvalue weighted by atomic mass is 31.2. The first-order valence-electron chi connectivity index (χ1n) is 20.2. The van der Waals surface area contributed by atoms with Crippen LogP contribution in [0.2, 0.25) is 0 Å². The number of rotatable bonds is 28. The van der Waals surface area contributed by atoms with Crippen LogP contribution in [0.4, 0.5) is 0 Å². The van der Waals surface area contributed by atoms with Gasteiger partial charge in [-0.3, -0.25) is 9.05 Å². The Morgan fingerprint density at radius 1 is 0.946 bits per heavy atom. The molecule has 0 spiro atoms. The molecule has 1 aliphatic heterocycles. The van der Waals surface area contributed by atoms with E-state index in [0.717, 1.165) is 19.3 Å². The molecule has 0 aliphatic carbocycles. The third-order valence-electron chi connectivity index (χ3n) is 10.1. The summed E-state index contributed by atoms with van der Waals surface area (Å²) < 4.78 is 42.7. The summed E-state index contributed by atoms with van der Waals surface area (Å²) in [6, 6.07) is 9.97. The number of aliphatic hydroxyl groups is 2. The minimum Gasteiger partial charge on any atom is -0.469 e. The van der Waals surface area contributed by atoms with Crippen LogP contribution in [0.3, 0.4) is 0 Å². The van der Waals surface area contributed by atoms with Crippen LogP contribution in [0.25, 0.3) is 5.52 Å². The molecule has 15 heteroatoms. The number of hydrogen-bond donors (Lipinski definition) is 3. The SMILES string of the molecule is C#C[C@@]1(c2ccc3c(C)ncnn23)O[C@H](COP(=O)(O)OC[C@@H](COCCCCCCCCCCCCCCCCCC)Oc2cccc(C#N)n2)[C@@H](O)[C@H]1O. The van der Waals surface area contributed by atoms with Crippen LogP contribution in [0.15, 0.2) is 36.7 Å². The van der Waals surface area contributed by atoms with Crippen molar-refractivity contribution >= 4 is 13.3 Å². The normalized spacial score (nSPS) is 21.1. The number of phosphoric acid groups is 1. The predicted molar refractivity (Wildman–Crippen MR) is 211 cm³/mol. The van der Waals surface area contributed by atoms with Crippen molar-refractivity contribution in [2.75, 3.05) is 26.4 Å². The Morgan fingerprint density at radius 3 is 2.21 bits per heavy atom. The quantitative estimate of drug-likeness (QED) is 0.0383. The average Bonchev–Trinajstić information content (AvgIpc) is 3.75. The summed E-state index contributed by atoms with van der Waals surface area (Å²) in [4.78, 5) is 18.9. The molecule has 3 aromatic heterocycles. The van der Waals surface area contributed by atoms with Crippen molar-refractivity contribution in [1.82, 2.24) is 19.6 Å². The van der Waals surface area contributed by atoms with Crippen LogP contribution in [0.1, 0.15) is 127 Å². The Hall–Kier alpha value is -3.43. The van der Waals surface area contributed by atoms with E-state index in [-0.39, 0.29) is 23.9 Å². The standard InChI is InChI=1S/C41H60N5O9P/c1-4-6-7-8-9-10-11-12-13-14-15-16-17-18-19-20-26-51-28-34(54-38-23-21-22-33(27-42)45-38)29-52-56(49,50)53-30-36-39(47)40(48)41(5-2,55-36)37-25-24-35-32(3)43-31-44-46(35)37/h2,21-25,31,34,36,39-40,47-48H,4,6-20,26,28-30H2,1,3H3,(H,49,50)/t34-,36-,39-,40-,41+/m1/s1. The van der Waals surface area contributed by atoms with E-state index in [4.69, 9.17) is 29.7 Å². The Morgan fingerprint density at radius 2 is 1.59 bits per heavy atom. The van der Waals surface area contributed by atoms with Gasteiger partial charge >= 0.3 is 7.82 Å². The molecule has 1 aliphatic rings. The minimum atomic E-state index is -4.76. The second-order valence-electron chi connectivity index (χ2n) is 14.5. The van der Waals surface area contributed by atoms with E-state index in [1.807, 2.05) is 6.07 Å². The molecule has 0 saturated carbocycles. The maximum Gasteiger partial charge on any atom is 0.472 e. The first kappa shape index (κ1) is 45.3. The van der Waals surface area contributed by atoms with Gasteiger partial charge in [0.1, 0.15) is 42.5 Å². The summed E-state index contributed by atoms with van der Waals surface area (Å²) in [7, 11) is -4.76. The van der Waals surface area contributed by atoms with E-state index in [0.29, 0.717) is 17.8 Å². The summed E-state index contributed by atoms with van der Waals surface area (Å²) >= 11 is 0. The van der Waals surface area contributed by atoms with Crippen LogP contribution in [0.5, 0.6) is 5.88 Å². The number of pyridine rings is 1. The highest BCUT2D eigenvalue weighted by Gasteiger charge is 2.56. The van der Waals surface area contributed by atoms with Gasteiger partial charge in [-0.05, 0) is 31.5 Å². The molecular formula is C41H60N5O9P. The van der Waals surface area contributed by atoms with Crippen molar-refractivity contribution in [3.8, 4) is 24.3 Å². The van der Waals surface area contributed by atoms with E-state index in [2.05, 4.69) is 27.9 Å². The topological polar surface area (TPSA) is 191 Å². The van der Waals surface area contributed by atoms with Crippen LogP contribution in [-0.2, 0) is 28.7 Å². The molecular weight excluding hydrogens is 737 g/mol. The zero-order chi connectivity index (χ0) is 40.2. The zero-order valence-electron chi connectivity index (χ0n) is 33.0. The summed E-state index contributed by atoms with van der Waals surface area (Å²) in [6.07, 6.45) is 22.1. The number of hydrogen-bond acceptors (Lipinski definition) is 12. The zero-order valence-corrected chi connectivity index (χ0v) is 33.9. The van der Waals surface area contributed by atoms with Crippen molar-refractivity contribution < 1.29 is 42.9 Å². The Kier molecular flexibility index (Phi) is 19.2. The Balaban J connectivity index is 1.18. The lowest BCUT2D eigenvalue weighted by molar-refractivity contribution is -0.0639. The molecule has 0 radical (unpaired) electrons. The first-order valence-corrected chi connectivity index (χ1v) is 21.7. The number of ether oxygens (including phenoxy) is 3. The van der Waals surface area contributed by atoms with E-state index < -0.39 is 51.1 Å². The van der Waals surface area contributed by atoms with Crippen molar-refractivity contribution in [3.05, 3.63) is 53.7 Å². The van der Waals surface area contributed by atoms with Crippen LogP contribution in [-0.4, -0.2) is 85.5 Å². The van der Waals surface area contributed by atoms with Gasteiger partial charge in [-0.2, -0.15) is 10.4 Å². The molecule has 1 saturated heterocycles. The number of fused-ring (bicyclic) bond motifs is 1. The van der Waals surface area contributed by atoms with Gasteiger partial charge in [0.15, 0.2) is 5.60 Å². The molecule has 4 heterocycles. The van der Waals surface area contributed by atoms with E-state index in [1.165, 1.54) is 100 Å². The lowest BCUT2D eigenvalue weighted by Crippen LogP contribution is -2.41. The van der Waals surface area contributed by atoms with Gasteiger partial charge in [0, 0.05) is 12.7 Å². The monoisotopic (exact) mass is 797 g/mol. The third-order valence-corrected chi connectivity index (χ3v) is 11.0. The highest BCUT2D eigenvalue weighted by molar-refractivity contribution is 7.47. The Labute approximate surface area is 331 Å². The molecule has 0 bridgehead atoms.